The highest BCUT2D eigenvalue weighted by molar-refractivity contribution is 5.69. The SMILES string of the molecule is CCOC(=O)CCCCn1cnc(C(F)(F)F)c1C#N. The van der Waals surface area contributed by atoms with Crippen LogP contribution in [-0.2, 0) is 22.3 Å². The molecule has 0 saturated heterocycles. The van der Waals surface area contributed by atoms with Crippen molar-refractivity contribution in [2.24, 2.45) is 0 Å². The van der Waals surface area contributed by atoms with Crippen LogP contribution < -0.4 is 0 Å². The van der Waals surface area contributed by atoms with E-state index in [1.165, 1.54) is 6.07 Å². The molecule has 0 saturated carbocycles. The van der Waals surface area contributed by atoms with E-state index in [0.29, 0.717) is 19.4 Å². The Bertz CT molecular complexity index is 503. The van der Waals surface area contributed by atoms with Crippen LogP contribution >= 0.6 is 0 Å². The van der Waals surface area contributed by atoms with Gasteiger partial charge in [0.15, 0.2) is 11.4 Å². The number of carbonyl (C=O) groups is 1. The van der Waals surface area contributed by atoms with E-state index in [0.717, 1.165) is 10.9 Å². The Balaban J connectivity index is 2.56. The first-order valence-corrected chi connectivity index (χ1v) is 6.08. The summed E-state index contributed by atoms with van der Waals surface area (Å²) in [5, 5.41) is 8.78. The van der Waals surface area contributed by atoms with E-state index >= 15 is 0 Å². The highest BCUT2D eigenvalue weighted by atomic mass is 19.4. The number of aromatic nitrogens is 2. The van der Waals surface area contributed by atoms with Gasteiger partial charge in [-0.05, 0) is 19.8 Å². The van der Waals surface area contributed by atoms with Crippen LogP contribution in [0.5, 0.6) is 0 Å². The number of hydrogen-bond acceptors (Lipinski definition) is 4. The van der Waals surface area contributed by atoms with Gasteiger partial charge in [-0.2, -0.15) is 18.4 Å². The fourth-order valence-corrected chi connectivity index (χ4v) is 1.66. The normalized spacial score (nSPS) is 11.2. The van der Waals surface area contributed by atoms with Crippen molar-refractivity contribution in [3.63, 3.8) is 0 Å². The van der Waals surface area contributed by atoms with Crippen LogP contribution in [0.25, 0.3) is 0 Å². The fourth-order valence-electron chi connectivity index (χ4n) is 1.66. The van der Waals surface area contributed by atoms with Gasteiger partial charge in [-0.25, -0.2) is 4.98 Å². The molecule has 0 spiro atoms. The molecule has 0 aliphatic carbocycles. The van der Waals surface area contributed by atoms with Gasteiger partial charge in [0.2, 0.25) is 0 Å². The molecule has 1 aromatic rings. The average Bonchev–Trinajstić information content (AvgIpc) is 2.77. The van der Waals surface area contributed by atoms with Gasteiger partial charge in [0, 0.05) is 13.0 Å². The molecular formula is C12H14F3N3O2. The third kappa shape index (κ3) is 4.26. The highest BCUT2D eigenvalue weighted by Crippen LogP contribution is 2.30. The molecule has 0 bridgehead atoms. The number of halogens is 3. The van der Waals surface area contributed by atoms with E-state index < -0.39 is 17.6 Å². The largest absolute Gasteiger partial charge is 0.466 e. The smallest absolute Gasteiger partial charge is 0.436 e. The lowest BCUT2D eigenvalue weighted by atomic mass is 10.2. The van der Waals surface area contributed by atoms with Gasteiger partial charge in [-0.3, -0.25) is 4.79 Å². The first-order chi connectivity index (χ1) is 9.40. The van der Waals surface area contributed by atoms with Gasteiger partial charge < -0.3 is 9.30 Å². The lowest BCUT2D eigenvalue weighted by molar-refractivity contribution is -0.143. The maximum absolute atomic E-state index is 12.5. The van der Waals surface area contributed by atoms with E-state index in [-0.39, 0.29) is 18.9 Å². The van der Waals surface area contributed by atoms with E-state index in [9.17, 15) is 18.0 Å². The molecule has 0 aromatic carbocycles. The first-order valence-electron chi connectivity index (χ1n) is 6.08. The van der Waals surface area contributed by atoms with Crippen molar-refractivity contribution in [1.29, 1.82) is 5.26 Å². The topological polar surface area (TPSA) is 67.9 Å². The van der Waals surface area contributed by atoms with Gasteiger partial charge in [0.1, 0.15) is 6.07 Å². The van der Waals surface area contributed by atoms with E-state index in [4.69, 9.17) is 10.00 Å². The Morgan fingerprint density at radius 2 is 2.20 bits per heavy atom. The predicted octanol–water partition coefficient (Wildman–Crippen LogP) is 2.51. The van der Waals surface area contributed by atoms with Crippen molar-refractivity contribution in [3.05, 3.63) is 17.7 Å². The van der Waals surface area contributed by atoms with Gasteiger partial charge in [-0.15, -0.1) is 0 Å². The number of hydrogen-bond donors (Lipinski definition) is 0. The zero-order chi connectivity index (χ0) is 15.2. The van der Waals surface area contributed by atoms with Gasteiger partial charge >= 0.3 is 12.1 Å². The molecule has 20 heavy (non-hydrogen) atoms. The number of alkyl halides is 3. The first kappa shape index (κ1) is 16.0. The fraction of sp³-hybridized carbons (Fsp3) is 0.583. The number of imidazole rings is 1. The van der Waals surface area contributed by atoms with Crippen molar-refractivity contribution in [2.45, 2.75) is 38.9 Å². The Morgan fingerprint density at radius 3 is 2.75 bits per heavy atom. The summed E-state index contributed by atoms with van der Waals surface area (Å²) in [5.74, 6) is -0.338. The number of nitriles is 1. The van der Waals surface area contributed by atoms with Crippen LogP contribution in [0.15, 0.2) is 6.33 Å². The number of ether oxygens (including phenoxy) is 1. The molecule has 110 valence electrons. The summed E-state index contributed by atoms with van der Waals surface area (Å²) in [4.78, 5) is 14.3. The molecule has 0 radical (unpaired) electrons. The average molecular weight is 289 g/mol. The van der Waals surface area contributed by atoms with Crippen molar-refractivity contribution in [1.82, 2.24) is 9.55 Å². The molecule has 1 heterocycles. The number of esters is 1. The second-order valence-corrected chi connectivity index (χ2v) is 4.01. The standard InChI is InChI=1S/C12H14F3N3O2/c1-2-20-10(19)5-3-4-6-18-8-17-11(9(18)7-16)12(13,14)15/h8H,2-6H2,1H3. The van der Waals surface area contributed by atoms with Crippen LogP contribution in [0.3, 0.4) is 0 Å². The Morgan fingerprint density at radius 1 is 1.50 bits per heavy atom. The number of unbranched alkanes of at least 4 members (excludes halogenated alkanes) is 1. The monoisotopic (exact) mass is 289 g/mol. The molecule has 8 heteroatoms. The molecule has 0 fully saturated rings. The Labute approximate surface area is 114 Å². The number of nitrogens with zero attached hydrogens (tertiary/aromatic N) is 3. The minimum Gasteiger partial charge on any atom is -0.466 e. The molecule has 0 atom stereocenters. The number of carbonyl (C=O) groups excluding carboxylic acids is 1. The zero-order valence-corrected chi connectivity index (χ0v) is 10.9. The lowest BCUT2D eigenvalue weighted by Crippen LogP contribution is -2.10. The summed E-state index contributed by atoms with van der Waals surface area (Å²) in [7, 11) is 0. The van der Waals surface area contributed by atoms with Crippen LogP contribution in [0, 0.1) is 11.3 Å². The van der Waals surface area contributed by atoms with E-state index in [2.05, 4.69) is 4.98 Å². The zero-order valence-electron chi connectivity index (χ0n) is 10.9. The van der Waals surface area contributed by atoms with Crippen LogP contribution in [0.4, 0.5) is 13.2 Å². The predicted molar refractivity (Wildman–Crippen MR) is 62.4 cm³/mol. The van der Waals surface area contributed by atoms with Gasteiger partial charge in [0.25, 0.3) is 0 Å². The molecular weight excluding hydrogens is 275 g/mol. The van der Waals surface area contributed by atoms with Crippen LogP contribution in [0.1, 0.15) is 37.6 Å². The van der Waals surface area contributed by atoms with Crippen molar-refractivity contribution in [2.75, 3.05) is 6.61 Å². The van der Waals surface area contributed by atoms with E-state index in [1.807, 2.05) is 0 Å². The van der Waals surface area contributed by atoms with Gasteiger partial charge in [0.05, 0.1) is 12.9 Å². The third-order valence-electron chi connectivity index (χ3n) is 2.55. The Hall–Kier alpha value is -2.04. The Kier molecular flexibility index (Phi) is 5.55. The van der Waals surface area contributed by atoms with Gasteiger partial charge in [-0.1, -0.05) is 0 Å². The quantitative estimate of drug-likeness (QED) is 0.596. The second-order valence-electron chi connectivity index (χ2n) is 4.01. The maximum Gasteiger partial charge on any atom is 0.436 e. The lowest BCUT2D eigenvalue weighted by Gasteiger charge is -2.06. The molecule has 0 unspecified atom stereocenters. The van der Waals surface area contributed by atoms with Crippen molar-refractivity contribution in [3.8, 4) is 6.07 Å². The summed E-state index contributed by atoms with van der Waals surface area (Å²) < 4.78 is 43.5. The van der Waals surface area contributed by atoms with Crippen molar-refractivity contribution >= 4 is 5.97 Å². The summed E-state index contributed by atoms with van der Waals surface area (Å²) in [6.45, 7) is 2.19. The summed E-state index contributed by atoms with van der Waals surface area (Å²) in [6, 6.07) is 1.51. The summed E-state index contributed by atoms with van der Waals surface area (Å²) in [6.07, 6.45) is -2.51. The third-order valence-corrected chi connectivity index (χ3v) is 2.55. The molecule has 5 nitrogen and oxygen atoms in total. The van der Waals surface area contributed by atoms with E-state index in [1.54, 1.807) is 6.92 Å². The molecule has 1 aromatic heterocycles. The molecule has 0 amide bonds. The minimum absolute atomic E-state index is 0.200. The molecule has 1 rings (SSSR count). The number of rotatable bonds is 6. The highest BCUT2D eigenvalue weighted by Gasteiger charge is 2.37. The molecule has 0 aliphatic rings. The van der Waals surface area contributed by atoms with Crippen molar-refractivity contribution < 1.29 is 22.7 Å². The van der Waals surface area contributed by atoms with Crippen LogP contribution in [-0.4, -0.2) is 22.1 Å². The maximum atomic E-state index is 12.5. The minimum atomic E-state index is -4.64. The molecule has 0 aliphatic heterocycles. The summed E-state index contributed by atoms with van der Waals surface area (Å²) >= 11 is 0. The molecule has 0 N–H and O–H groups in total. The summed E-state index contributed by atoms with van der Waals surface area (Å²) in [5.41, 5.74) is -1.68. The van der Waals surface area contributed by atoms with Crippen LogP contribution in [0.2, 0.25) is 0 Å². The second kappa shape index (κ2) is 6.93. The number of aryl methyl sites for hydroxylation is 1.